The second-order valence-electron chi connectivity index (χ2n) is 10.5. The summed E-state index contributed by atoms with van der Waals surface area (Å²) >= 11 is 0. The van der Waals surface area contributed by atoms with Crippen LogP contribution in [0.3, 0.4) is 0 Å². The number of fused-ring (bicyclic) bond motifs is 2. The molecule has 0 aliphatic carbocycles. The van der Waals surface area contributed by atoms with Crippen molar-refractivity contribution in [2.24, 2.45) is 11.7 Å². The lowest BCUT2D eigenvalue weighted by Crippen LogP contribution is -2.46. The molecule has 0 aliphatic rings. The van der Waals surface area contributed by atoms with Crippen LogP contribution in [0.4, 0.5) is 0 Å². The van der Waals surface area contributed by atoms with Crippen molar-refractivity contribution in [3.8, 4) is 0 Å². The highest BCUT2D eigenvalue weighted by Crippen LogP contribution is 2.23. The Morgan fingerprint density at radius 2 is 1.68 bits per heavy atom. The molecule has 198 valence electrons. The Morgan fingerprint density at radius 1 is 1.00 bits per heavy atom. The number of nitrogens with two attached hydrogens (primary N) is 1. The van der Waals surface area contributed by atoms with Crippen LogP contribution in [0.1, 0.15) is 49.2 Å². The lowest BCUT2D eigenvalue weighted by atomic mass is 9.87. The maximum Gasteiger partial charge on any atom is 0.271 e. The van der Waals surface area contributed by atoms with Crippen LogP contribution < -0.4 is 11.1 Å². The molecule has 2 amide bonds. The van der Waals surface area contributed by atoms with Gasteiger partial charge in [-0.25, -0.2) is 4.98 Å². The van der Waals surface area contributed by atoms with Crippen molar-refractivity contribution in [3.63, 3.8) is 0 Å². The Labute approximate surface area is 221 Å². The predicted molar refractivity (Wildman–Crippen MR) is 147 cm³/mol. The molecule has 1 heterocycles. The van der Waals surface area contributed by atoms with E-state index in [2.05, 4.69) is 15.3 Å². The molecule has 0 fully saturated rings. The molecule has 8 nitrogen and oxygen atoms in total. The molecule has 0 aliphatic heterocycles. The monoisotopic (exact) mass is 514 g/mol. The molecule has 4 aromatic rings. The third kappa shape index (κ3) is 7.12. The zero-order chi connectivity index (χ0) is 27.3. The molecule has 5 N–H and O–H groups in total. The molecule has 0 bridgehead atoms. The van der Waals surface area contributed by atoms with E-state index >= 15 is 0 Å². The van der Waals surface area contributed by atoms with E-state index in [1.54, 1.807) is 19.9 Å². The highest BCUT2D eigenvalue weighted by atomic mass is 16.3. The number of aromatic nitrogens is 2. The number of primary amides is 1. The van der Waals surface area contributed by atoms with E-state index in [4.69, 9.17) is 5.73 Å². The van der Waals surface area contributed by atoms with Gasteiger partial charge in [0.2, 0.25) is 5.91 Å². The van der Waals surface area contributed by atoms with E-state index in [0.717, 1.165) is 16.3 Å². The number of aliphatic hydroxyl groups excluding tert-OH is 1. The first-order valence-corrected chi connectivity index (χ1v) is 12.8. The lowest BCUT2D eigenvalue weighted by Gasteiger charge is -2.28. The zero-order valence-electron chi connectivity index (χ0n) is 21.7. The number of carbonyl (C=O) groups excluding carboxylic acids is 2. The molecule has 0 saturated carbocycles. The Balaban J connectivity index is 1.58. The minimum Gasteiger partial charge on any atom is -0.391 e. The van der Waals surface area contributed by atoms with Crippen LogP contribution in [-0.2, 0) is 11.2 Å². The number of aliphatic hydroxyl groups is 2. The summed E-state index contributed by atoms with van der Waals surface area (Å²) in [5, 5.41) is 26.4. The Hall–Kier alpha value is -3.88. The first kappa shape index (κ1) is 27.2. The van der Waals surface area contributed by atoms with Crippen LogP contribution in [0.15, 0.2) is 72.9 Å². The van der Waals surface area contributed by atoms with Crippen LogP contribution >= 0.6 is 0 Å². The summed E-state index contributed by atoms with van der Waals surface area (Å²) in [5.74, 6) is -1.68. The van der Waals surface area contributed by atoms with Gasteiger partial charge in [-0.2, -0.15) is 0 Å². The third-order valence-electron chi connectivity index (χ3n) is 6.76. The molecule has 38 heavy (non-hydrogen) atoms. The quantitative estimate of drug-likeness (QED) is 0.242. The number of hydrogen-bond acceptors (Lipinski definition) is 6. The highest BCUT2D eigenvalue weighted by Gasteiger charge is 2.29. The molecule has 3 aromatic carbocycles. The number of para-hydroxylation sites is 2. The van der Waals surface area contributed by atoms with Crippen molar-refractivity contribution in [1.29, 1.82) is 0 Å². The number of nitrogens with zero attached hydrogens (tertiary/aromatic N) is 2. The average molecular weight is 515 g/mol. The molecular weight excluding hydrogens is 480 g/mol. The molecule has 0 spiro atoms. The maximum absolute atomic E-state index is 13.2. The fourth-order valence-electron chi connectivity index (χ4n) is 4.57. The Bertz CT molecular complexity index is 1430. The van der Waals surface area contributed by atoms with Gasteiger partial charge in [0, 0.05) is 5.92 Å². The molecule has 1 aromatic heterocycles. The van der Waals surface area contributed by atoms with Gasteiger partial charge in [-0.05, 0) is 68.0 Å². The van der Waals surface area contributed by atoms with Gasteiger partial charge in [0.15, 0.2) is 0 Å². The summed E-state index contributed by atoms with van der Waals surface area (Å²) in [4.78, 5) is 34.1. The van der Waals surface area contributed by atoms with Gasteiger partial charge in [0.05, 0.1) is 35.0 Å². The van der Waals surface area contributed by atoms with E-state index < -0.39 is 35.5 Å². The van der Waals surface area contributed by atoms with Gasteiger partial charge < -0.3 is 21.3 Å². The second-order valence-corrected chi connectivity index (χ2v) is 10.5. The van der Waals surface area contributed by atoms with Crippen LogP contribution in [0, 0.1) is 5.92 Å². The molecule has 0 radical (unpaired) electrons. The molecular formula is C30H34N4O4. The summed E-state index contributed by atoms with van der Waals surface area (Å²) < 4.78 is 0. The summed E-state index contributed by atoms with van der Waals surface area (Å²) in [7, 11) is 0. The van der Waals surface area contributed by atoms with Crippen molar-refractivity contribution in [1.82, 2.24) is 15.3 Å². The van der Waals surface area contributed by atoms with Crippen molar-refractivity contribution in [2.75, 3.05) is 0 Å². The summed E-state index contributed by atoms with van der Waals surface area (Å²) in [5.41, 5.74) is 6.99. The van der Waals surface area contributed by atoms with Crippen molar-refractivity contribution < 1.29 is 19.8 Å². The number of carbonyl (C=O) groups is 2. The standard InChI is InChI=1S/C30H34N4O4/c1-30(2,38)14-13-22(28(31)36)17-27(35)25(16-19-11-12-20-7-3-4-8-21(20)15-19)34-29(37)26-18-32-23-9-5-6-10-24(23)33-26/h3-12,15,18,22,25,27,35,38H,13-14,16-17H2,1-2H3,(H2,31,36)(H,34,37)/t22-,25+,27+/m1/s1. The lowest BCUT2D eigenvalue weighted by molar-refractivity contribution is -0.123. The SMILES string of the molecule is CC(C)(O)CC[C@H](C[C@H](O)[C@H](Cc1ccc2ccccc2c1)NC(=O)c1cnc2ccccc2n1)C(N)=O. The van der Waals surface area contributed by atoms with Gasteiger partial charge in [-0.3, -0.25) is 14.6 Å². The minimum absolute atomic E-state index is 0.0489. The number of hydrogen-bond donors (Lipinski definition) is 4. The zero-order valence-corrected chi connectivity index (χ0v) is 21.7. The smallest absolute Gasteiger partial charge is 0.271 e. The van der Waals surface area contributed by atoms with Gasteiger partial charge in [-0.1, -0.05) is 54.6 Å². The fraction of sp³-hybridized carbons (Fsp3) is 0.333. The first-order valence-electron chi connectivity index (χ1n) is 12.8. The molecule has 8 heteroatoms. The summed E-state index contributed by atoms with van der Waals surface area (Å²) in [6.45, 7) is 3.32. The van der Waals surface area contributed by atoms with E-state index in [1.807, 2.05) is 60.7 Å². The minimum atomic E-state index is -1.07. The third-order valence-corrected chi connectivity index (χ3v) is 6.76. The molecule has 3 atom stereocenters. The van der Waals surface area contributed by atoms with Crippen LogP contribution in [0.2, 0.25) is 0 Å². The topological polar surface area (TPSA) is 138 Å². The molecule has 4 rings (SSSR count). The van der Waals surface area contributed by atoms with E-state index in [9.17, 15) is 19.8 Å². The Morgan fingerprint density at radius 3 is 2.39 bits per heavy atom. The molecule has 0 unspecified atom stereocenters. The number of benzene rings is 3. The van der Waals surface area contributed by atoms with Crippen LogP contribution in [0.5, 0.6) is 0 Å². The van der Waals surface area contributed by atoms with E-state index in [-0.39, 0.29) is 12.1 Å². The maximum atomic E-state index is 13.2. The second kappa shape index (κ2) is 11.7. The first-order chi connectivity index (χ1) is 18.1. The van der Waals surface area contributed by atoms with Crippen molar-refractivity contribution in [3.05, 3.63) is 84.2 Å². The average Bonchev–Trinajstić information content (AvgIpc) is 2.89. The van der Waals surface area contributed by atoms with Gasteiger partial charge >= 0.3 is 0 Å². The largest absolute Gasteiger partial charge is 0.391 e. The summed E-state index contributed by atoms with van der Waals surface area (Å²) in [6.07, 6.45) is 1.39. The predicted octanol–water partition coefficient (Wildman–Crippen LogP) is 3.53. The van der Waals surface area contributed by atoms with Crippen LogP contribution in [0.25, 0.3) is 21.8 Å². The number of rotatable bonds is 11. The number of nitrogens with one attached hydrogen (secondary N) is 1. The fourth-order valence-corrected chi connectivity index (χ4v) is 4.57. The van der Waals surface area contributed by atoms with E-state index in [1.165, 1.54) is 6.20 Å². The van der Waals surface area contributed by atoms with Crippen LogP contribution in [-0.4, -0.2) is 49.7 Å². The van der Waals surface area contributed by atoms with E-state index in [0.29, 0.717) is 30.3 Å². The number of amides is 2. The highest BCUT2D eigenvalue weighted by molar-refractivity contribution is 5.94. The van der Waals surface area contributed by atoms with Gasteiger partial charge in [0.1, 0.15) is 5.69 Å². The van der Waals surface area contributed by atoms with Gasteiger partial charge in [0.25, 0.3) is 5.91 Å². The Kier molecular flexibility index (Phi) is 8.34. The summed E-state index contributed by atoms with van der Waals surface area (Å²) in [6, 6.07) is 20.5. The van der Waals surface area contributed by atoms with Gasteiger partial charge in [-0.15, -0.1) is 0 Å². The van der Waals surface area contributed by atoms with Crippen molar-refractivity contribution in [2.45, 2.75) is 57.3 Å². The van der Waals surface area contributed by atoms with Crippen molar-refractivity contribution >= 4 is 33.6 Å². The molecule has 0 saturated heterocycles. The normalized spacial score (nSPS) is 14.2.